The van der Waals surface area contributed by atoms with Crippen molar-refractivity contribution < 1.29 is 4.21 Å². The summed E-state index contributed by atoms with van der Waals surface area (Å²) in [5.74, 6) is 0. The first-order valence-corrected chi connectivity index (χ1v) is 7.23. The Labute approximate surface area is 106 Å². The number of hydrogen-bond acceptors (Lipinski definition) is 3. The van der Waals surface area contributed by atoms with Crippen molar-refractivity contribution in [2.45, 2.75) is 13.0 Å². The third kappa shape index (κ3) is 1.54. The van der Waals surface area contributed by atoms with E-state index in [-0.39, 0.29) is 5.56 Å². The predicted octanol–water partition coefficient (Wildman–Crippen LogP) is -0.0868. The zero-order chi connectivity index (χ0) is 12.9. The molecular formula is C11H14N4O2S. The molecule has 2 aromatic rings. The normalized spacial score (nSPS) is 17.9. The summed E-state index contributed by atoms with van der Waals surface area (Å²) in [6.45, 7) is 1.37. The van der Waals surface area contributed by atoms with Crippen molar-refractivity contribution in [2.24, 2.45) is 7.05 Å². The van der Waals surface area contributed by atoms with E-state index in [1.807, 2.05) is 15.9 Å². The van der Waals surface area contributed by atoms with Gasteiger partial charge in [-0.25, -0.2) is 13.6 Å². The molecule has 0 amide bonds. The monoisotopic (exact) mass is 266 g/mol. The second-order valence-electron chi connectivity index (χ2n) is 4.48. The fraction of sp³-hybridized carbons (Fsp3) is 0.455. The van der Waals surface area contributed by atoms with E-state index in [0.717, 1.165) is 29.6 Å². The van der Waals surface area contributed by atoms with Crippen molar-refractivity contribution in [3.05, 3.63) is 27.8 Å². The van der Waals surface area contributed by atoms with Crippen LogP contribution in [-0.2, 0) is 31.0 Å². The number of rotatable bonds is 1. The SMILES string of the molecule is Cn1c2c(c3cn[nH]c(=O)c31)CCN(S(C)=O)C2. The molecule has 1 aliphatic heterocycles. The Hall–Kier alpha value is -1.47. The number of nitrogens with one attached hydrogen (secondary N) is 1. The fourth-order valence-electron chi connectivity index (χ4n) is 2.62. The van der Waals surface area contributed by atoms with Crippen LogP contribution in [0.5, 0.6) is 0 Å². The third-order valence-corrected chi connectivity index (χ3v) is 4.58. The van der Waals surface area contributed by atoms with Gasteiger partial charge < -0.3 is 4.57 Å². The van der Waals surface area contributed by atoms with Crippen LogP contribution < -0.4 is 5.56 Å². The minimum Gasteiger partial charge on any atom is -0.342 e. The molecule has 0 aliphatic carbocycles. The molecule has 96 valence electrons. The summed E-state index contributed by atoms with van der Waals surface area (Å²) in [5, 5.41) is 7.24. The van der Waals surface area contributed by atoms with E-state index in [1.54, 1.807) is 12.5 Å². The maximum atomic E-state index is 11.8. The predicted molar refractivity (Wildman–Crippen MR) is 69.5 cm³/mol. The summed E-state index contributed by atoms with van der Waals surface area (Å²) >= 11 is 0. The second-order valence-corrected chi connectivity index (χ2v) is 5.85. The van der Waals surface area contributed by atoms with E-state index < -0.39 is 11.0 Å². The fourth-order valence-corrected chi connectivity index (χ4v) is 3.27. The Morgan fingerprint density at radius 1 is 1.50 bits per heavy atom. The minimum atomic E-state index is -0.976. The van der Waals surface area contributed by atoms with Gasteiger partial charge in [0.15, 0.2) is 0 Å². The molecule has 1 atom stereocenters. The maximum Gasteiger partial charge on any atom is 0.288 e. The molecule has 1 unspecified atom stereocenters. The number of H-pyrrole nitrogens is 1. The van der Waals surface area contributed by atoms with Crippen molar-refractivity contribution in [1.82, 2.24) is 19.1 Å². The van der Waals surface area contributed by atoms with E-state index in [2.05, 4.69) is 10.2 Å². The van der Waals surface area contributed by atoms with Crippen LogP contribution in [-0.4, -0.2) is 36.1 Å². The number of aryl methyl sites for hydroxylation is 1. The Kier molecular flexibility index (Phi) is 2.60. The van der Waals surface area contributed by atoms with Gasteiger partial charge in [-0.3, -0.25) is 4.79 Å². The van der Waals surface area contributed by atoms with Gasteiger partial charge in [0.25, 0.3) is 5.56 Å². The van der Waals surface area contributed by atoms with Crippen LogP contribution in [0.3, 0.4) is 0 Å². The first-order chi connectivity index (χ1) is 8.59. The highest BCUT2D eigenvalue weighted by Crippen LogP contribution is 2.27. The van der Waals surface area contributed by atoms with Gasteiger partial charge in [-0.05, 0) is 12.0 Å². The van der Waals surface area contributed by atoms with E-state index in [0.29, 0.717) is 12.1 Å². The average molecular weight is 266 g/mol. The van der Waals surface area contributed by atoms with Gasteiger partial charge in [0, 0.05) is 30.9 Å². The van der Waals surface area contributed by atoms with Crippen LogP contribution in [0.25, 0.3) is 10.9 Å². The summed E-state index contributed by atoms with van der Waals surface area (Å²) < 4.78 is 15.3. The van der Waals surface area contributed by atoms with Gasteiger partial charge in [-0.15, -0.1) is 0 Å². The Morgan fingerprint density at radius 3 is 3.00 bits per heavy atom. The van der Waals surface area contributed by atoms with E-state index in [4.69, 9.17) is 0 Å². The number of aromatic nitrogens is 3. The molecule has 1 aliphatic rings. The highest BCUT2D eigenvalue weighted by molar-refractivity contribution is 7.81. The number of nitrogens with zero attached hydrogens (tertiary/aromatic N) is 3. The zero-order valence-corrected chi connectivity index (χ0v) is 11.1. The Bertz CT molecular complexity index is 703. The molecule has 0 radical (unpaired) electrons. The lowest BCUT2D eigenvalue weighted by Crippen LogP contribution is -2.32. The van der Waals surface area contributed by atoms with E-state index in [9.17, 15) is 9.00 Å². The van der Waals surface area contributed by atoms with E-state index >= 15 is 0 Å². The number of aromatic amines is 1. The molecule has 0 bridgehead atoms. The van der Waals surface area contributed by atoms with Gasteiger partial charge in [0.1, 0.15) is 5.52 Å². The van der Waals surface area contributed by atoms with Crippen LogP contribution in [0.1, 0.15) is 11.3 Å². The topological polar surface area (TPSA) is 71.0 Å². The maximum absolute atomic E-state index is 11.8. The molecule has 0 fully saturated rings. The molecule has 0 spiro atoms. The highest BCUT2D eigenvalue weighted by atomic mass is 32.2. The van der Waals surface area contributed by atoms with Crippen LogP contribution >= 0.6 is 0 Å². The van der Waals surface area contributed by atoms with Gasteiger partial charge in [-0.1, -0.05) is 0 Å². The molecule has 18 heavy (non-hydrogen) atoms. The molecule has 1 N–H and O–H groups in total. The van der Waals surface area contributed by atoms with Gasteiger partial charge in [0.05, 0.1) is 23.7 Å². The molecule has 0 saturated carbocycles. The molecule has 0 aromatic carbocycles. The van der Waals surface area contributed by atoms with Crippen molar-refractivity contribution >= 4 is 21.9 Å². The van der Waals surface area contributed by atoms with Crippen molar-refractivity contribution in [2.75, 3.05) is 12.8 Å². The van der Waals surface area contributed by atoms with Crippen molar-refractivity contribution in [1.29, 1.82) is 0 Å². The van der Waals surface area contributed by atoms with Gasteiger partial charge in [-0.2, -0.15) is 5.10 Å². The summed E-state index contributed by atoms with van der Waals surface area (Å²) in [7, 11) is 0.897. The first kappa shape index (κ1) is 11.6. The summed E-state index contributed by atoms with van der Waals surface area (Å²) in [4.78, 5) is 11.8. The molecular weight excluding hydrogens is 252 g/mol. The van der Waals surface area contributed by atoms with E-state index in [1.165, 1.54) is 0 Å². The van der Waals surface area contributed by atoms with Gasteiger partial charge >= 0.3 is 0 Å². The quantitative estimate of drug-likeness (QED) is 0.784. The summed E-state index contributed by atoms with van der Waals surface area (Å²) in [5.41, 5.74) is 2.70. The summed E-state index contributed by atoms with van der Waals surface area (Å²) in [6.07, 6.45) is 4.19. The minimum absolute atomic E-state index is 0.173. The Morgan fingerprint density at radius 2 is 2.28 bits per heavy atom. The number of hydrogen-bond donors (Lipinski definition) is 1. The molecule has 7 heteroatoms. The van der Waals surface area contributed by atoms with Crippen LogP contribution in [0, 0.1) is 0 Å². The van der Waals surface area contributed by atoms with Crippen LogP contribution in [0.2, 0.25) is 0 Å². The molecule has 2 aromatic heterocycles. The number of fused-ring (bicyclic) bond motifs is 3. The van der Waals surface area contributed by atoms with Crippen molar-refractivity contribution in [3.63, 3.8) is 0 Å². The average Bonchev–Trinajstić information content (AvgIpc) is 2.64. The largest absolute Gasteiger partial charge is 0.342 e. The summed E-state index contributed by atoms with van der Waals surface area (Å²) in [6, 6.07) is 0. The smallest absolute Gasteiger partial charge is 0.288 e. The second kappa shape index (κ2) is 4.03. The zero-order valence-electron chi connectivity index (χ0n) is 10.3. The lowest BCUT2D eigenvalue weighted by molar-refractivity contribution is 0.412. The van der Waals surface area contributed by atoms with Crippen LogP contribution in [0.4, 0.5) is 0 Å². The lowest BCUT2D eigenvalue weighted by atomic mass is 10.1. The lowest BCUT2D eigenvalue weighted by Gasteiger charge is -2.25. The molecule has 0 saturated heterocycles. The molecule has 3 rings (SSSR count). The molecule has 6 nitrogen and oxygen atoms in total. The third-order valence-electron chi connectivity index (χ3n) is 3.54. The Balaban J connectivity index is 2.25. The molecule has 3 heterocycles. The first-order valence-electron chi connectivity index (χ1n) is 5.72. The van der Waals surface area contributed by atoms with Crippen LogP contribution in [0.15, 0.2) is 11.0 Å². The van der Waals surface area contributed by atoms with Gasteiger partial charge in [0.2, 0.25) is 0 Å². The highest BCUT2D eigenvalue weighted by Gasteiger charge is 2.25. The standard InChI is InChI=1S/C11H14N4O2S/c1-14-9-6-15(18(2)17)4-3-7(9)8-5-12-13-11(16)10(8)14/h5H,3-4,6H2,1-2H3,(H,13,16). The van der Waals surface area contributed by atoms with Crippen molar-refractivity contribution in [3.8, 4) is 0 Å².